The molecule has 0 aliphatic heterocycles. The summed E-state index contributed by atoms with van der Waals surface area (Å²) in [6.07, 6.45) is 0. The quantitative estimate of drug-likeness (QED) is 0.674. The van der Waals surface area contributed by atoms with Crippen LogP contribution in [0.3, 0.4) is 0 Å². The van der Waals surface area contributed by atoms with Gasteiger partial charge in [0.2, 0.25) is 0 Å². The predicted molar refractivity (Wildman–Crippen MR) is 97.3 cm³/mol. The molecular formula is C18H21N5O2. The maximum absolute atomic E-state index is 12.1. The Morgan fingerprint density at radius 2 is 2.04 bits per heavy atom. The molecule has 0 spiro atoms. The zero-order valence-electron chi connectivity index (χ0n) is 14.5. The third-order valence-electron chi connectivity index (χ3n) is 3.64. The van der Waals surface area contributed by atoms with Gasteiger partial charge in [-0.1, -0.05) is 13.8 Å². The van der Waals surface area contributed by atoms with Crippen LogP contribution in [0.1, 0.15) is 36.9 Å². The summed E-state index contributed by atoms with van der Waals surface area (Å²) in [5, 5.41) is 5.59. The van der Waals surface area contributed by atoms with Gasteiger partial charge in [-0.25, -0.2) is 14.8 Å². The molecule has 0 saturated carbocycles. The number of oxazole rings is 1. The minimum Gasteiger partial charge on any atom is -0.440 e. The molecule has 7 nitrogen and oxygen atoms in total. The van der Waals surface area contributed by atoms with Crippen LogP contribution in [0.15, 0.2) is 34.7 Å². The third kappa shape index (κ3) is 4.06. The van der Waals surface area contributed by atoms with Crippen molar-refractivity contribution in [1.82, 2.24) is 15.3 Å². The van der Waals surface area contributed by atoms with E-state index in [4.69, 9.17) is 10.2 Å². The van der Waals surface area contributed by atoms with Gasteiger partial charge in [0.1, 0.15) is 11.3 Å². The van der Waals surface area contributed by atoms with Crippen LogP contribution in [0.2, 0.25) is 0 Å². The fourth-order valence-electron chi connectivity index (χ4n) is 2.50. The Kier molecular flexibility index (Phi) is 4.56. The van der Waals surface area contributed by atoms with Crippen LogP contribution in [-0.4, -0.2) is 16.0 Å². The van der Waals surface area contributed by atoms with E-state index in [0.29, 0.717) is 29.5 Å². The number of rotatable bonds is 4. The Morgan fingerprint density at radius 3 is 2.76 bits per heavy atom. The first-order valence-electron chi connectivity index (χ1n) is 8.09. The van der Waals surface area contributed by atoms with Crippen LogP contribution >= 0.6 is 0 Å². The van der Waals surface area contributed by atoms with Crippen molar-refractivity contribution in [3.63, 3.8) is 0 Å². The first kappa shape index (κ1) is 16.8. The first-order valence-corrected chi connectivity index (χ1v) is 8.09. The smallest absolute Gasteiger partial charge is 0.319 e. The van der Waals surface area contributed by atoms with Gasteiger partial charge in [0.15, 0.2) is 11.5 Å². The molecule has 2 amide bonds. The fourth-order valence-corrected chi connectivity index (χ4v) is 2.50. The minimum absolute atomic E-state index is 0.211. The molecule has 0 fully saturated rings. The van der Waals surface area contributed by atoms with E-state index in [0.717, 1.165) is 16.8 Å². The molecule has 3 aromatic rings. The van der Waals surface area contributed by atoms with Crippen molar-refractivity contribution in [3.8, 4) is 0 Å². The number of benzene rings is 1. The summed E-state index contributed by atoms with van der Waals surface area (Å²) >= 11 is 0. The molecule has 130 valence electrons. The summed E-state index contributed by atoms with van der Waals surface area (Å²) in [6, 6.07) is 8.69. The fraction of sp³-hybridized carbons (Fsp3) is 0.278. The van der Waals surface area contributed by atoms with E-state index in [1.807, 2.05) is 26.8 Å². The van der Waals surface area contributed by atoms with Crippen LogP contribution in [-0.2, 0) is 6.54 Å². The maximum Gasteiger partial charge on any atom is 0.319 e. The number of pyridine rings is 1. The average Bonchev–Trinajstić information content (AvgIpc) is 2.95. The molecule has 1 aromatic carbocycles. The molecule has 0 bridgehead atoms. The number of nitrogen functional groups attached to an aromatic ring is 1. The summed E-state index contributed by atoms with van der Waals surface area (Å²) in [7, 11) is 0. The molecule has 4 N–H and O–H groups in total. The van der Waals surface area contributed by atoms with Gasteiger partial charge >= 0.3 is 6.03 Å². The van der Waals surface area contributed by atoms with Crippen molar-refractivity contribution in [2.75, 3.05) is 11.1 Å². The standard InChI is InChI=1S/C18H21N5O2/c1-10(2)17-23-14-8-13(4-5-15(14)25-17)22-18(24)20-9-12-6-11(3)21-16(19)7-12/h4-8,10H,9H2,1-3H3,(H2,19,21)(H2,20,22,24). The summed E-state index contributed by atoms with van der Waals surface area (Å²) in [4.78, 5) is 20.6. The minimum atomic E-state index is -0.306. The number of nitrogens with one attached hydrogen (secondary N) is 2. The number of anilines is 2. The number of hydrogen-bond acceptors (Lipinski definition) is 5. The average molecular weight is 339 g/mol. The molecule has 25 heavy (non-hydrogen) atoms. The molecule has 2 heterocycles. The number of carbonyl (C=O) groups excluding carboxylic acids is 1. The molecule has 0 aliphatic rings. The molecule has 7 heteroatoms. The number of aryl methyl sites for hydroxylation is 1. The van der Waals surface area contributed by atoms with Gasteiger partial charge in [-0.3, -0.25) is 0 Å². The Hall–Kier alpha value is -3.09. The lowest BCUT2D eigenvalue weighted by molar-refractivity contribution is 0.251. The molecule has 2 aromatic heterocycles. The van der Waals surface area contributed by atoms with Crippen molar-refractivity contribution < 1.29 is 9.21 Å². The second kappa shape index (κ2) is 6.80. The van der Waals surface area contributed by atoms with Gasteiger partial charge < -0.3 is 20.8 Å². The lowest BCUT2D eigenvalue weighted by Crippen LogP contribution is -2.28. The van der Waals surface area contributed by atoms with Gasteiger partial charge in [-0.15, -0.1) is 0 Å². The molecule has 0 aliphatic carbocycles. The molecule has 0 radical (unpaired) electrons. The Balaban J connectivity index is 1.65. The summed E-state index contributed by atoms with van der Waals surface area (Å²) in [6.45, 7) is 6.26. The Bertz CT molecular complexity index is 897. The number of nitrogens with two attached hydrogens (primary N) is 1. The lowest BCUT2D eigenvalue weighted by atomic mass is 10.2. The Morgan fingerprint density at radius 1 is 1.24 bits per heavy atom. The maximum atomic E-state index is 12.1. The SMILES string of the molecule is Cc1cc(CNC(=O)Nc2ccc3oc(C(C)C)nc3c2)cc(N)n1. The van der Waals surface area contributed by atoms with E-state index >= 15 is 0 Å². The molecule has 0 saturated heterocycles. The van der Waals surface area contributed by atoms with Crippen molar-refractivity contribution in [2.24, 2.45) is 0 Å². The van der Waals surface area contributed by atoms with Gasteiger partial charge in [0.05, 0.1) is 0 Å². The van der Waals surface area contributed by atoms with Crippen LogP contribution < -0.4 is 16.4 Å². The summed E-state index contributed by atoms with van der Waals surface area (Å²) in [5.74, 6) is 1.33. The summed E-state index contributed by atoms with van der Waals surface area (Å²) in [5.41, 5.74) is 9.50. The van der Waals surface area contributed by atoms with E-state index < -0.39 is 0 Å². The number of nitrogens with zero attached hydrogens (tertiary/aromatic N) is 2. The second-order valence-electron chi connectivity index (χ2n) is 6.24. The molecule has 0 atom stereocenters. The zero-order valence-corrected chi connectivity index (χ0v) is 14.5. The third-order valence-corrected chi connectivity index (χ3v) is 3.64. The van der Waals surface area contributed by atoms with Crippen LogP contribution in [0, 0.1) is 6.92 Å². The van der Waals surface area contributed by atoms with Crippen molar-refractivity contribution in [1.29, 1.82) is 0 Å². The zero-order chi connectivity index (χ0) is 18.0. The first-order chi connectivity index (χ1) is 11.9. The summed E-state index contributed by atoms with van der Waals surface area (Å²) < 4.78 is 5.66. The largest absolute Gasteiger partial charge is 0.440 e. The van der Waals surface area contributed by atoms with Crippen LogP contribution in [0.25, 0.3) is 11.1 Å². The van der Waals surface area contributed by atoms with Gasteiger partial charge in [-0.05, 0) is 42.8 Å². The van der Waals surface area contributed by atoms with Crippen LogP contribution in [0.4, 0.5) is 16.3 Å². The van der Waals surface area contributed by atoms with E-state index in [1.165, 1.54) is 0 Å². The highest BCUT2D eigenvalue weighted by Crippen LogP contribution is 2.23. The van der Waals surface area contributed by atoms with Gasteiger partial charge in [0.25, 0.3) is 0 Å². The highest BCUT2D eigenvalue weighted by Gasteiger charge is 2.10. The van der Waals surface area contributed by atoms with Crippen molar-refractivity contribution in [3.05, 3.63) is 47.5 Å². The number of fused-ring (bicyclic) bond motifs is 1. The van der Waals surface area contributed by atoms with Crippen molar-refractivity contribution >= 4 is 28.6 Å². The second-order valence-corrected chi connectivity index (χ2v) is 6.24. The van der Waals surface area contributed by atoms with E-state index in [-0.39, 0.29) is 11.9 Å². The van der Waals surface area contributed by atoms with Gasteiger partial charge in [-0.2, -0.15) is 0 Å². The van der Waals surface area contributed by atoms with Gasteiger partial charge in [0, 0.05) is 23.8 Å². The topological polar surface area (TPSA) is 106 Å². The number of aromatic nitrogens is 2. The Labute approximate surface area is 145 Å². The molecule has 0 unspecified atom stereocenters. The number of urea groups is 1. The molecule has 3 rings (SSSR count). The highest BCUT2D eigenvalue weighted by molar-refractivity contribution is 5.91. The lowest BCUT2D eigenvalue weighted by Gasteiger charge is -2.08. The monoisotopic (exact) mass is 339 g/mol. The molecular weight excluding hydrogens is 318 g/mol. The predicted octanol–water partition coefficient (Wildman–Crippen LogP) is 3.56. The van der Waals surface area contributed by atoms with Crippen molar-refractivity contribution in [2.45, 2.75) is 33.2 Å². The highest BCUT2D eigenvalue weighted by atomic mass is 16.3. The normalized spacial score (nSPS) is 11.0. The van der Waals surface area contributed by atoms with E-state index in [9.17, 15) is 4.79 Å². The van der Waals surface area contributed by atoms with Crippen LogP contribution in [0.5, 0.6) is 0 Å². The number of hydrogen-bond donors (Lipinski definition) is 3. The number of amides is 2. The number of carbonyl (C=O) groups is 1. The van der Waals surface area contributed by atoms with E-state index in [2.05, 4.69) is 20.6 Å². The van der Waals surface area contributed by atoms with E-state index in [1.54, 1.807) is 24.3 Å².